The van der Waals surface area contributed by atoms with Crippen LogP contribution in [0.5, 0.6) is 0 Å². The maximum Gasteiger partial charge on any atom is 0.114 e. The standard InChI is InChI=1S/C21H40O5/c1-2-3-4-5-6-7-8-9-10-11-12-13-14-15-25-19(16-22)21-20(24)18(23)17-26-21/h3-4,18-24H,2,5-17H2,1H3/b4-3+/t18-,19+,20+,21+/m1/s1. The number of ether oxygens (including phenoxy) is 2. The first-order valence-corrected chi connectivity index (χ1v) is 10.6. The van der Waals surface area contributed by atoms with Gasteiger partial charge in [-0.3, -0.25) is 0 Å². The van der Waals surface area contributed by atoms with Gasteiger partial charge in [0.1, 0.15) is 24.4 Å². The lowest BCUT2D eigenvalue weighted by atomic mass is 10.1. The van der Waals surface area contributed by atoms with Gasteiger partial charge in [-0.1, -0.05) is 64.0 Å². The van der Waals surface area contributed by atoms with Crippen molar-refractivity contribution in [1.82, 2.24) is 0 Å². The number of unbranched alkanes of at least 4 members (excludes halogenated alkanes) is 9. The topological polar surface area (TPSA) is 79.2 Å². The van der Waals surface area contributed by atoms with Crippen LogP contribution in [0.25, 0.3) is 0 Å². The van der Waals surface area contributed by atoms with Crippen molar-refractivity contribution >= 4 is 0 Å². The smallest absolute Gasteiger partial charge is 0.114 e. The SMILES string of the molecule is CC/C=C/CCCCCCCCCCCO[C@@H](CO)[C@@H]1OC[C@@H](O)[C@@H]1O. The van der Waals surface area contributed by atoms with Crippen LogP contribution in [0, 0.1) is 0 Å². The summed E-state index contributed by atoms with van der Waals surface area (Å²) in [5.41, 5.74) is 0. The minimum absolute atomic E-state index is 0.0983. The van der Waals surface area contributed by atoms with E-state index >= 15 is 0 Å². The van der Waals surface area contributed by atoms with Gasteiger partial charge >= 0.3 is 0 Å². The van der Waals surface area contributed by atoms with E-state index in [1.54, 1.807) is 0 Å². The molecule has 0 unspecified atom stereocenters. The summed E-state index contributed by atoms with van der Waals surface area (Å²) in [6, 6.07) is 0. The van der Waals surface area contributed by atoms with Gasteiger partial charge in [-0.15, -0.1) is 0 Å². The van der Waals surface area contributed by atoms with Crippen molar-refractivity contribution in [2.24, 2.45) is 0 Å². The van der Waals surface area contributed by atoms with Crippen molar-refractivity contribution in [3.8, 4) is 0 Å². The zero-order valence-corrected chi connectivity index (χ0v) is 16.5. The summed E-state index contributed by atoms with van der Waals surface area (Å²) < 4.78 is 11.0. The summed E-state index contributed by atoms with van der Waals surface area (Å²) in [5.74, 6) is 0. The molecule has 1 rings (SSSR count). The van der Waals surface area contributed by atoms with Crippen LogP contribution in [0.1, 0.15) is 77.6 Å². The molecule has 4 atom stereocenters. The Hall–Kier alpha value is -0.460. The van der Waals surface area contributed by atoms with E-state index in [9.17, 15) is 15.3 Å². The quantitative estimate of drug-likeness (QED) is 0.286. The predicted molar refractivity (Wildman–Crippen MR) is 104 cm³/mol. The van der Waals surface area contributed by atoms with E-state index in [0.717, 1.165) is 19.3 Å². The predicted octanol–water partition coefficient (Wildman–Crippen LogP) is 3.35. The minimum Gasteiger partial charge on any atom is -0.394 e. The molecule has 0 spiro atoms. The average Bonchev–Trinajstić information content (AvgIpc) is 2.98. The molecule has 0 amide bonds. The molecule has 0 radical (unpaired) electrons. The fourth-order valence-corrected chi connectivity index (χ4v) is 3.33. The molecule has 0 aromatic rings. The highest BCUT2D eigenvalue weighted by atomic mass is 16.6. The number of aliphatic hydroxyl groups excluding tert-OH is 3. The average molecular weight is 373 g/mol. The molecule has 154 valence electrons. The lowest BCUT2D eigenvalue weighted by molar-refractivity contribution is -0.101. The second kappa shape index (κ2) is 15.6. The largest absolute Gasteiger partial charge is 0.394 e. The molecule has 3 N–H and O–H groups in total. The van der Waals surface area contributed by atoms with E-state index in [1.165, 1.54) is 51.4 Å². The highest BCUT2D eigenvalue weighted by Gasteiger charge is 2.40. The van der Waals surface area contributed by atoms with Crippen LogP contribution in [0.15, 0.2) is 12.2 Å². The van der Waals surface area contributed by atoms with Gasteiger partial charge in [0.2, 0.25) is 0 Å². The molecule has 0 aliphatic carbocycles. The Labute approximate surface area is 159 Å². The van der Waals surface area contributed by atoms with Gasteiger partial charge in [0, 0.05) is 6.61 Å². The van der Waals surface area contributed by atoms with Crippen molar-refractivity contribution in [2.45, 2.75) is 102 Å². The molecule has 1 aliphatic heterocycles. The van der Waals surface area contributed by atoms with Crippen molar-refractivity contribution in [2.75, 3.05) is 19.8 Å². The van der Waals surface area contributed by atoms with Gasteiger partial charge in [-0.25, -0.2) is 0 Å². The van der Waals surface area contributed by atoms with Gasteiger partial charge in [0.25, 0.3) is 0 Å². The first kappa shape index (κ1) is 23.6. The Balaban J connectivity index is 1.89. The lowest BCUT2D eigenvalue weighted by Gasteiger charge is -2.24. The molecule has 5 nitrogen and oxygen atoms in total. The van der Waals surface area contributed by atoms with Gasteiger partial charge in [-0.2, -0.15) is 0 Å². The van der Waals surface area contributed by atoms with Crippen LogP contribution in [0.3, 0.4) is 0 Å². The van der Waals surface area contributed by atoms with Crippen LogP contribution in [0.2, 0.25) is 0 Å². The summed E-state index contributed by atoms with van der Waals surface area (Å²) in [4.78, 5) is 0. The van der Waals surface area contributed by atoms with E-state index in [-0.39, 0.29) is 13.2 Å². The Morgan fingerprint density at radius 2 is 1.58 bits per heavy atom. The van der Waals surface area contributed by atoms with Crippen molar-refractivity contribution in [3.63, 3.8) is 0 Å². The second-order valence-electron chi connectivity index (χ2n) is 7.30. The first-order chi connectivity index (χ1) is 12.7. The van der Waals surface area contributed by atoms with Crippen LogP contribution in [-0.4, -0.2) is 59.6 Å². The molecule has 0 aromatic carbocycles. The van der Waals surface area contributed by atoms with Crippen LogP contribution >= 0.6 is 0 Å². The van der Waals surface area contributed by atoms with Crippen molar-refractivity contribution in [3.05, 3.63) is 12.2 Å². The minimum atomic E-state index is -0.977. The zero-order chi connectivity index (χ0) is 19.0. The van der Waals surface area contributed by atoms with E-state index in [4.69, 9.17) is 9.47 Å². The van der Waals surface area contributed by atoms with Crippen molar-refractivity contribution < 1.29 is 24.8 Å². The van der Waals surface area contributed by atoms with Gasteiger partial charge < -0.3 is 24.8 Å². The molecular weight excluding hydrogens is 332 g/mol. The van der Waals surface area contributed by atoms with Crippen LogP contribution in [0.4, 0.5) is 0 Å². The summed E-state index contributed by atoms with van der Waals surface area (Å²) in [6.45, 7) is 2.62. The lowest BCUT2D eigenvalue weighted by Crippen LogP contribution is -2.42. The summed E-state index contributed by atoms with van der Waals surface area (Å²) >= 11 is 0. The van der Waals surface area contributed by atoms with E-state index in [0.29, 0.717) is 6.61 Å². The van der Waals surface area contributed by atoms with Crippen LogP contribution in [-0.2, 0) is 9.47 Å². The molecule has 1 fully saturated rings. The molecular formula is C21H40O5. The molecule has 5 heteroatoms. The van der Waals surface area contributed by atoms with E-state index in [2.05, 4.69) is 19.1 Å². The molecule has 0 saturated carbocycles. The summed E-state index contributed by atoms with van der Waals surface area (Å²) in [7, 11) is 0. The van der Waals surface area contributed by atoms with Crippen LogP contribution < -0.4 is 0 Å². The normalized spacial score (nSPS) is 24.5. The highest BCUT2D eigenvalue weighted by Crippen LogP contribution is 2.20. The third-order valence-corrected chi connectivity index (χ3v) is 4.99. The number of aliphatic hydroxyl groups is 3. The monoisotopic (exact) mass is 372 g/mol. The van der Waals surface area contributed by atoms with Crippen molar-refractivity contribution in [1.29, 1.82) is 0 Å². The number of rotatable bonds is 16. The van der Waals surface area contributed by atoms with Gasteiger partial charge in [-0.05, 0) is 25.7 Å². The van der Waals surface area contributed by atoms with E-state index < -0.39 is 24.4 Å². The first-order valence-electron chi connectivity index (χ1n) is 10.6. The van der Waals surface area contributed by atoms with Gasteiger partial charge in [0.15, 0.2) is 0 Å². The molecule has 0 aromatic heterocycles. The maximum atomic E-state index is 9.80. The number of allylic oxidation sites excluding steroid dienone is 2. The Bertz CT molecular complexity index is 347. The third-order valence-electron chi connectivity index (χ3n) is 4.99. The fraction of sp³-hybridized carbons (Fsp3) is 0.905. The Morgan fingerprint density at radius 1 is 0.962 bits per heavy atom. The van der Waals surface area contributed by atoms with Gasteiger partial charge in [0.05, 0.1) is 13.2 Å². The highest BCUT2D eigenvalue weighted by molar-refractivity contribution is 4.88. The maximum absolute atomic E-state index is 9.80. The molecule has 1 heterocycles. The fourth-order valence-electron chi connectivity index (χ4n) is 3.33. The zero-order valence-electron chi connectivity index (χ0n) is 16.5. The molecule has 1 aliphatic rings. The molecule has 0 bridgehead atoms. The number of hydrogen-bond donors (Lipinski definition) is 3. The Kier molecular flexibility index (Phi) is 14.1. The number of hydrogen-bond acceptors (Lipinski definition) is 5. The molecule has 26 heavy (non-hydrogen) atoms. The second-order valence-corrected chi connectivity index (χ2v) is 7.30. The molecule has 1 saturated heterocycles. The Morgan fingerprint density at radius 3 is 2.12 bits per heavy atom. The third kappa shape index (κ3) is 10.0. The summed E-state index contributed by atoms with van der Waals surface area (Å²) in [5, 5.41) is 28.7. The van der Waals surface area contributed by atoms with E-state index in [1.807, 2.05) is 0 Å². The summed E-state index contributed by atoms with van der Waals surface area (Å²) in [6.07, 6.45) is 15.1.